The molecule has 3 N–H and O–H groups in total. The molecule has 0 heterocycles. The van der Waals surface area contributed by atoms with E-state index < -0.39 is 6.04 Å². The Bertz CT molecular complexity index is 373. The normalized spacial score (nSPS) is 12.3. The molecule has 1 rings (SSSR count). The van der Waals surface area contributed by atoms with Gasteiger partial charge in [-0.05, 0) is 19.1 Å². The predicted octanol–water partition coefficient (Wildman–Crippen LogP) is 3.04. The van der Waals surface area contributed by atoms with Crippen molar-refractivity contribution in [3.63, 3.8) is 0 Å². The van der Waals surface area contributed by atoms with Crippen LogP contribution in [0.15, 0.2) is 16.6 Å². The van der Waals surface area contributed by atoms with Crippen molar-refractivity contribution in [3.05, 3.63) is 26.7 Å². The number of carbonyl (C=O) groups excluding carboxylic acids is 1. The smallest absolute Gasteiger partial charge is 0.241 e. The van der Waals surface area contributed by atoms with Crippen LogP contribution in [-0.2, 0) is 4.79 Å². The maximum atomic E-state index is 11.3. The second-order valence-corrected chi connectivity index (χ2v) is 4.75. The van der Waals surface area contributed by atoms with Crippen molar-refractivity contribution < 1.29 is 4.79 Å². The number of nitrogens with one attached hydrogen (secondary N) is 1. The third kappa shape index (κ3) is 3.34. The van der Waals surface area contributed by atoms with Gasteiger partial charge in [-0.2, -0.15) is 0 Å². The molecule has 0 aliphatic carbocycles. The second kappa shape index (κ2) is 5.16. The Balaban J connectivity index is 3.00. The molecule has 0 aliphatic heterocycles. The van der Waals surface area contributed by atoms with E-state index in [1.54, 1.807) is 19.1 Å². The number of rotatable bonds is 2. The van der Waals surface area contributed by atoms with E-state index in [1.165, 1.54) is 0 Å². The molecule has 0 aliphatic rings. The van der Waals surface area contributed by atoms with Crippen LogP contribution in [0.25, 0.3) is 0 Å². The van der Waals surface area contributed by atoms with Gasteiger partial charge in [0.05, 0.1) is 21.8 Å². The highest BCUT2D eigenvalue weighted by atomic mass is 79.9. The summed E-state index contributed by atoms with van der Waals surface area (Å²) in [6.45, 7) is 1.58. The van der Waals surface area contributed by atoms with Crippen LogP contribution in [0, 0.1) is 0 Å². The van der Waals surface area contributed by atoms with Crippen LogP contribution in [0.5, 0.6) is 0 Å². The first kappa shape index (κ1) is 12.8. The Hall–Kier alpha value is -0.290. The fraction of sp³-hybridized carbons (Fsp3) is 0.222. The molecule has 6 heteroatoms. The van der Waals surface area contributed by atoms with Gasteiger partial charge in [0.1, 0.15) is 0 Å². The number of nitrogens with two attached hydrogens (primary N) is 1. The average Bonchev–Trinajstić information content (AvgIpc) is 2.10. The van der Waals surface area contributed by atoms with Gasteiger partial charge >= 0.3 is 0 Å². The molecule has 0 fully saturated rings. The van der Waals surface area contributed by atoms with Crippen molar-refractivity contribution in [2.75, 3.05) is 5.32 Å². The van der Waals surface area contributed by atoms with Crippen LogP contribution < -0.4 is 11.1 Å². The SMILES string of the molecule is C[C@H](N)C(=O)Nc1c(Cl)cc(Br)cc1Cl. The molecule has 1 atom stereocenters. The number of hydrogen-bond donors (Lipinski definition) is 2. The van der Waals surface area contributed by atoms with Crippen LogP contribution in [0.4, 0.5) is 5.69 Å². The third-order valence-electron chi connectivity index (χ3n) is 1.67. The molecule has 3 nitrogen and oxygen atoms in total. The van der Waals surface area contributed by atoms with E-state index in [0.717, 1.165) is 4.47 Å². The van der Waals surface area contributed by atoms with E-state index in [1.807, 2.05) is 0 Å². The van der Waals surface area contributed by atoms with E-state index in [0.29, 0.717) is 15.7 Å². The third-order valence-corrected chi connectivity index (χ3v) is 2.72. The molecule has 0 unspecified atom stereocenters. The van der Waals surface area contributed by atoms with Gasteiger partial charge in [-0.15, -0.1) is 0 Å². The minimum absolute atomic E-state index is 0.332. The van der Waals surface area contributed by atoms with Crippen LogP contribution in [0.3, 0.4) is 0 Å². The zero-order valence-corrected chi connectivity index (χ0v) is 10.9. The maximum absolute atomic E-state index is 11.3. The van der Waals surface area contributed by atoms with Crippen molar-refractivity contribution in [2.24, 2.45) is 5.73 Å². The Kier molecular flexibility index (Phi) is 4.40. The highest BCUT2D eigenvalue weighted by Gasteiger charge is 2.13. The molecule has 0 saturated heterocycles. The molecule has 0 bridgehead atoms. The number of amides is 1. The summed E-state index contributed by atoms with van der Waals surface area (Å²) in [7, 11) is 0. The first-order valence-corrected chi connectivity index (χ1v) is 5.67. The van der Waals surface area contributed by atoms with E-state index in [4.69, 9.17) is 28.9 Å². The number of benzene rings is 1. The van der Waals surface area contributed by atoms with Gasteiger partial charge in [-0.3, -0.25) is 4.79 Å². The molecule has 0 radical (unpaired) electrons. The van der Waals surface area contributed by atoms with Gasteiger partial charge in [0.15, 0.2) is 0 Å². The topological polar surface area (TPSA) is 55.1 Å². The van der Waals surface area contributed by atoms with Crippen molar-refractivity contribution in [3.8, 4) is 0 Å². The lowest BCUT2D eigenvalue weighted by Crippen LogP contribution is -2.32. The first-order chi connectivity index (χ1) is 6.91. The Morgan fingerprint density at radius 1 is 1.47 bits per heavy atom. The Labute approximate surface area is 106 Å². The highest BCUT2D eigenvalue weighted by molar-refractivity contribution is 9.10. The van der Waals surface area contributed by atoms with Crippen molar-refractivity contribution in [1.82, 2.24) is 0 Å². The molecule has 1 aromatic carbocycles. The molecule has 0 saturated carbocycles. The summed E-state index contributed by atoms with van der Waals surface area (Å²) >= 11 is 15.1. The number of anilines is 1. The monoisotopic (exact) mass is 310 g/mol. The first-order valence-electron chi connectivity index (χ1n) is 4.13. The van der Waals surface area contributed by atoms with Crippen LogP contribution in [-0.4, -0.2) is 11.9 Å². The van der Waals surface area contributed by atoms with E-state index >= 15 is 0 Å². The van der Waals surface area contributed by atoms with Gasteiger partial charge in [0, 0.05) is 4.47 Å². The van der Waals surface area contributed by atoms with Crippen LogP contribution in [0.1, 0.15) is 6.92 Å². The van der Waals surface area contributed by atoms with Crippen molar-refractivity contribution >= 4 is 50.7 Å². The zero-order chi connectivity index (χ0) is 11.6. The molecular weight excluding hydrogens is 303 g/mol. The summed E-state index contributed by atoms with van der Waals surface area (Å²) in [5, 5.41) is 3.28. The summed E-state index contributed by atoms with van der Waals surface area (Å²) in [6, 6.07) is 2.68. The fourth-order valence-electron chi connectivity index (χ4n) is 0.899. The zero-order valence-electron chi connectivity index (χ0n) is 7.85. The lowest BCUT2D eigenvalue weighted by atomic mass is 10.3. The molecule has 1 aromatic rings. The predicted molar refractivity (Wildman–Crippen MR) is 66.4 cm³/mol. The van der Waals surface area contributed by atoms with Gasteiger partial charge in [-0.25, -0.2) is 0 Å². The fourth-order valence-corrected chi connectivity index (χ4v) is 2.20. The molecular formula is C9H9BrCl2N2O. The summed E-state index contributed by atoms with van der Waals surface area (Å²) in [6.07, 6.45) is 0. The quantitative estimate of drug-likeness (QED) is 0.882. The average molecular weight is 312 g/mol. The van der Waals surface area contributed by atoms with E-state index in [9.17, 15) is 4.79 Å². The number of carbonyl (C=O) groups is 1. The lowest BCUT2D eigenvalue weighted by molar-refractivity contribution is -0.117. The van der Waals surface area contributed by atoms with Crippen LogP contribution >= 0.6 is 39.1 Å². The summed E-state index contributed by atoms with van der Waals surface area (Å²) in [5.41, 5.74) is 5.78. The summed E-state index contributed by atoms with van der Waals surface area (Å²) in [5.74, 6) is -0.332. The molecule has 15 heavy (non-hydrogen) atoms. The Morgan fingerprint density at radius 2 is 1.93 bits per heavy atom. The van der Waals surface area contributed by atoms with E-state index in [-0.39, 0.29) is 5.91 Å². The minimum Gasteiger partial charge on any atom is -0.322 e. The lowest BCUT2D eigenvalue weighted by Gasteiger charge is -2.11. The number of halogens is 3. The van der Waals surface area contributed by atoms with Crippen LogP contribution in [0.2, 0.25) is 10.0 Å². The summed E-state index contributed by atoms with van der Waals surface area (Å²) in [4.78, 5) is 11.3. The molecule has 0 spiro atoms. The second-order valence-electron chi connectivity index (χ2n) is 3.02. The van der Waals surface area contributed by atoms with Gasteiger partial charge < -0.3 is 11.1 Å². The van der Waals surface area contributed by atoms with Crippen molar-refractivity contribution in [1.29, 1.82) is 0 Å². The van der Waals surface area contributed by atoms with Gasteiger partial charge in [-0.1, -0.05) is 39.1 Å². The van der Waals surface area contributed by atoms with Gasteiger partial charge in [0.25, 0.3) is 0 Å². The summed E-state index contributed by atoms with van der Waals surface area (Å²) < 4.78 is 0.747. The molecule has 0 aromatic heterocycles. The van der Waals surface area contributed by atoms with Gasteiger partial charge in [0.2, 0.25) is 5.91 Å². The minimum atomic E-state index is -0.610. The van der Waals surface area contributed by atoms with Crippen molar-refractivity contribution in [2.45, 2.75) is 13.0 Å². The molecule has 82 valence electrons. The highest BCUT2D eigenvalue weighted by Crippen LogP contribution is 2.33. The molecule has 1 amide bonds. The standard InChI is InChI=1S/C9H9BrCl2N2O/c1-4(13)9(15)14-8-6(11)2-5(10)3-7(8)12/h2-4H,13H2,1H3,(H,14,15)/t4-/m0/s1. The van der Waals surface area contributed by atoms with E-state index in [2.05, 4.69) is 21.2 Å². The number of hydrogen-bond acceptors (Lipinski definition) is 2. The largest absolute Gasteiger partial charge is 0.322 e. The maximum Gasteiger partial charge on any atom is 0.241 e. The Morgan fingerprint density at radius 3 is 2.33 bits per heavy atom.